The van der Waals surface area contributed by atoms with Crippen LogP contribution in [0.2, 0.25) is 0 Å². The Bertz CT molecular complexity index is 168. The van der Waals surface area contributed by atoms with Gasteiger partial charge in [-0.05, 0) is 6.42 Å². The third kappa shape index (κ3) is 4.71. The fraction of sp³-hybridized carbons (Fsp3) is 0.750. The first kappa shape index (κ1) is 10.9. The maximum atomic E-state index is 10.9. The fourth-order valence-electron chi connectivity index (χ4n) is 0.702. The number of hydrogen-bond donors (Lipinski definition) is 2. The molecule has 2 N–H and O–H groups in total. The van der Waals surface area contributed by atoms with Crippen molar-refractivity contribution in [1.82, 2.24) is 5.32 Å². The van der Waals surface area contributed by atoms with Crippen molar-refractivity contribution in [3.05, 3.63) is 0 Å². The first-order valence-corrected chi connectivity index (χ1v) is 4.07. The largest absolute Gasteiger partial charge is 0.481 e. The van der Waals surface area contributed by atoms with Crippen LogP contribution in [0, 0.1) is 5.92 Å². The van der Waals surface area contributed by atoms with Crippen molar-refractivity contribution >= 4 is 11.9 Å². The van der Waals surface area contributed by atoms with Gasteiger partial charge in [-0.2, -0.15) is 0 Å². The zero-order valence-corrected chi connectivity index (χ0v) is 7.46. The highest BCUT2D eigenvalue weighted by atomic mass is 16.4. The van der Waals surface area contributed by atoms with Crippen molar-refractivity contribution in [3.63, 3.8) is 0 Å². The minimum atomic E-state index is -0.929. The highest BCUT2D eigenvalue weighted by molar-refractivity contribution is 5.81. The number of carbonyl (C=O) groups is 2. The molecule has 0 fully saturated rings. The van der Waals surface area contributed by atoms with Gasteiger partial charge in [-0.15, -0.1) is 0 Å². The van der Waals surface area contributed by atoms with Gasteiger partial charge in [0.15, 0.2) is 0 Å². The molecule has 0 heterocycles. The molecule has 0 aliphatic carbocycles. The van der Waals surface area contributed by atoms with E-state index in [1.807, 2.05) is 6.92 Å². The Hall–Kier alpha value is -1.06. The van der Waals surface area contributed by atoms with E-state index < -0.39 is 11.9 Å². The summed E-state index contributed by atoms with van der Waals surface area (Å²) in [4.78, 5) is 21.3. The Balaban J connectivity index is 3.61. The molecule has 0 saturated heterocycles. The zero-order chi connectivity index (χ0) is 9.56. The van der Waals surface area contributed by atoms with Crippen LogP contribution in [0.3, 0.4) is 0 Å². The second-order valence-electron chi connectivity index (χ2n) is 2.79. The number of carboxylic acids is 1. The number of nitrogens with one attached hydrogen (secondary N) is 1. The normalized spacial score (nSPS) is 12.2. The van der Waals surface area contributed by atoms with Gasteiger partial charge >= 0.3 is 5.97 Å². The van der Waals surface area contributed by atoms with Crippen molar-refractivity contribution in [2.24, 2.45) is 5.92 Å². The molecule has 0 rings (SSSR count). The number of carbonyl (C=O) groups excluding carboxylic acids is 1. The van der Waals surface area contributed by atoms with Gasteiger partial charge in [0.25, 0.3) is 0 Å². The van der Waals surface area contributed by atoms with Crippen LogP contribution in [-0.4, -0.2) is 23.5 Å². The van der Waals surface area contributed by atoms with E-state index in [0.717, 1.165) is 6.42 Å². The third-order valence-electron chi connectivity index (χ3n) is 1.49. The van der Waals surface area contributed by atoms with Crippen LogP contribution in [0.5, 0.6) is 0 Å². The first-order chi connectivity index (χ1) is 5.57. The van der Waals surface area contributed by atoms with Gasteiger partial charge in [-0.3, -0.25) is 9.59 Å². The van der Waals surface area contributed by atoms with Crippen molar-refractivity contribution in [1.29, 1.82) is 0 Å². The summed E-state index contributed by atoms with van der Waals surface area (Å²) in [5.74, 6) is -1.71. The van der Waals surface area contributed by atoms with E-state index in [4.69, 9.17) is 5.11 Å². The summed E-state index contributed by atoms with van der Waals surface area (Å²) < 4.78 is 0. The van der Waals surface area contributed by atoms with Gasteiger partial charge in [-0.25, -0.2) is 0 Å². The van der Waals surface area contributed by atoms with E-state index >= 15 is 0 Å². The van der Waals surface area contributed by atoms with Crippen molar-refractivity contribution in [2.45, 2.75) is 26.7 Å². The molecule has 0 saturated carbocycles. The molecule has 12 heavy (non-hydrogen) atoms. The molecule has 1 atom stereocenters. The minimum absolute atomic E-state index is 0.0648. The van der Waals surface area contributed by atoms with Crippen LogP contribution in [-0.2, 0) is 9.59 Å². The SMILES string of the molecule is CCCNC(=O)CC(C)C(=O)O. The molecular formula is C8H15NO3. The molecule has 1 amide bonds. The fourth-order valence-corrected chi connectivity index (χ4v) is 0.702. The maximum absolute atomic E-state index is 10.9. The summed E-state index contributed by atoms with van der Waals surface area (Å²) in [5, 5.41) is 11.1. The second kappa shape index (κ2) is 5.57. The lowest BCUT2D eigenvalue weighted by atomic mass is 10.1. The van der Waals surface area contributed by atoms with Gasteiger partial charge in [-0.1, -0.05) is 13.8 Å². The van der Waals surface area contributed by atoms with Gasteiger partial charge in [0.1, 0.15) is 0 Å². The zero-order valence-electron chi connectivity index (χ0n) is 7.46. The Morgan fingerprint density at radius 3 is 2.50 bits per heavy atom. The number of hydrogen-bond acceptors (Lipinski definition) is 2. The quantitative estimate of drug-likeness (QED) is 0.640. The first-order valence-electron chi connectivity index (χ1n) is 4.07. The van der Waals surface area contributed by atoms with E-state index in [-0.39, 0.29) is 12.3 Å². The molecule has 0 aromatic carbocycles. The number of amides is 1. The molecule has 0 aliphatic rings. The summed E-state index contributed by atoms with van der Waals surface area (Å²) in [7, 11) is 0. The molecule has 0 radical (unpaired) electrons. The topological polar surface area (TPSA) is 66.4 Å². The third-order valence-corrected chi connectivity index (χ3v) is 1.49. The summed E-state index contributed by atoms with van der Waals surface area (Å²) in [6.45, 7) is 4.08. The molecule has 4 heteroatoms. The smallest absolute Gasteiger partial charge is 0.306 e. The highest BCUT2D eigenvalue weighted by Gasteiger charge is 2.14. The predicted octanol–water partition coefficient (Wildman–Crippen LogP) is 0.623. The Morgan fingerprint density at radius 2 is 2.08 bits per heavy atom. The van der Waals surface area contributed by atoms with Gasteiger partial charge < -0.3 is 10.4 Å². The lowest BCUT2D eigenvalue weighted by Gasteiger charge is -2.05. The van der Waals surface area contributed by atoms with E-state index in [1.165, 1.54) is 6.92 Å². The predicted molar refractivity (Wildman–Crippen MR) is 44.7 cm³/mol. The molecule has 1 unspecified atom stereocenters. The molecule has 0 aliphatic heterocycles. The van der Waals surface area contributed by atoms with Crippen molar-refractivity contribution in [2.75, 3.05) is 6.54 Å². The Labute approximate surface area is 72.0 Å². The summed E-state index contributed by atoms with van der Waals surface area (Å²) in [6, 6.07) is 0. The standard InChI is InChI=1S/C8H15NO3/c1-3-4-9-7(10)5-6(2)8(11)12/h6H,3-5H2,1-2H3,(H,9,10)(H,11,12). The lowest BCUT2D eigenvalue weighted by molar-refractivity contribution is -0.143. The van der Waals surface area contributed by atoms with E-state index in [2.05, 4.69) is 5.32 Å². The average Bonchev–Trinajstić information content (AvgIpc) is 2.00. The minimum Gasteiger partial charge on any atom is -0.481 e. The van der Waals surface area contributed by atoms with Gasteiger partial charge in [0.2, 0.25) is 5.91 Å². The van der Waals surface area contributed by atoms with E-state index in [9.17, 15) is 9.59 Å². The summed E-state index contributed by atoms with van der Waals surface area (Å²) in [6.07, 6.45) is 0.933. The van der Waals surface area contributed by atoms with Crippen LogP contribution < -0.4 is 5.32 Å². The molecular weight excluding hydrogens is 158 g/mol. The van der Waals surface area contributed by atoms with Crippen molar-refractivity contribution in [3.8, 4) is 0 Å². The Morgan fingerprint density at radius 1 is 1.50 bits per heavy atom. The van der Waals surface area contributed by atoms with E-state index in [0.29, 0.717) is 6.54 Å². The van der Waals surface area contributed by atoms with Crippen LogP contribution >= 0.6 is 0 Å². The maximum Gasteiger partial charge on any atom is 0.306 e. The van der Waals surface area contributed by atoms with Crippen LogP contribution in [0.25, 0.3) is 0 Å². The van der Waals surface area contributed by atoms with Gasteiger partial charge in [0, 0.05) is 13.0 Å². The average molecular weight is 173 g/mol. The van der Waals surface area contributed by atoms with Crippen molar-refractivity contribution < 1.29 is 14.7 Å². The molecule has 0 spiro atoms. The molecule has 0 bridgehead atoms. The number of rotatable bonds is 5. The second-order valence-corrected chi connectivity index (χ2v) is 2.79. The number of carboxylic acid groups (broad SMARTS) is 1. The lowest BCUT2D eigenvalue weighted by Crippen LogP contribution is -2.27. The van der Waals surface area contributed by atoms with Crippen LogP contribution in [0.15, 0.2) is 0 Å². The van der Waals surface area contributed by atoms with Crippen LogP contribution in [0.4, 0.5) is 0 Å². The molecule has 4 nitrogen and oxygen atoms in total. The highest BCUT2D eigenvalue weighted by Crippen LogP contribution is 2.00. The summed E-state index contributed by atoms with van der Waals surface area (Å²) in [5.41, 5.74) is 0. The monoisotopic (exact) mass is 173 g/mol. The van der Waals surface area contributed by atoms with E-state index in [1.54, 1.807) is 0 Å². The molecule has 0 aromatic heterocycles. The number of aliphatic carboxylic acids is 1. The summed E-state index contributed by atoms with van der Waals surface area (Å²) >= 11 is 0. The Kier molecular flexibility index (Phi) is 5.08. The molecule has 0 aromatic rings. The van der Waals surface area contributed by atoms with Gasteiger partial charge in [0.05, 0.1) is 5.92 Å². The van der Waals surface area contributed by atoms with Crippen LogP contribution in [0.1, 0.15) is 26.7 Å². The molecule has 70 valence electrons.